The lowest BCUT2D eigenvalue weighted by Gasteiger charge is -2.19. The van der Waals surface area contributed by atoms with E-state index < -0.39 is 0 Å². The summed E-state index contributed by atoms with van der Waals surface area (Å²) in [5.74, 6) is 0.938. The van der Waals surface area contributed by atoms with E-state index in [1.807, 2.05) is 0 Å². The number of imidazole rings is 1. The molecule has 0 aliphatic heterocycles. The summed E-state index contributed by atoms with van der Waals surface area (Å²) in [6.45, 7) is 0. The van der Waals surface area contributed by atoms with Crippen LogP contribution in [0.3, 0.4) is 0 Å². The fourth-order valence-electron chi connectivity index (χ4n) is 9.37. The van der Waals surface area contributed by atoms with Crippen LogP contribution in [0.4, 0.5) is 0 Å². The van der Waals surface area contributed by atoms with Gasteiger partial charge in [0.25, 0.3) is 0 Å². The third-order valence-corrected chi connectivity index (χ3v) is 12.1. The zero-order valence-electron chi connectivity index (χ0n) is 32.2. The van der Waals surface area contributed by atoms with Crippen LogP contribution in [-0.2, 0) is 0 Å². The lowest BCUT2D eigenvalue weighted by Crippen LogP contribution is -1.97. The summed E-state index contributed by atoms with van der Waals surface area (Å²) in [5.41, 5.74) is 11.5. The summed E-state index contributed by atoms with van der Waals surface area (Å²) < 4.78 is 2.27. The zero-order chi connectivity index (χ0) is 38.9. The molecule has 0 atom stereocenters. The van der Waals surface area contributed by atoms with Crippen LogP contribution in [0, 0.1) is 0 Å². The standard InChI is InChI=1S/C57H36N2/c1-3-14-39(15-4-1)55-48-19-9-10-20-49(48)56(44-26-24-42-35-51-43(33-45(42)34-44)25-23-38-13-7-8-18-47(38)51)50-32-29-41(36-52(50)55)37-27-30-46(31-28-37)59-54-22-12-11-21-53(54)58-57(59)40-16-5-2-6-17-40/h1-36H. The fraction of sp³-hybridized carbons (Fsp3) is 0. The molecule has 12 rings (SSSR count). The van der Waals surface area contributed by atoms with Crippen molar-refractivity contribution in [3.8, 4) is 50.5 Å². The molecule has 0 saturated carbocycles. The smallest absolute Gasteiger partial charge is 0.145 e. The number of benzene rings is 11. The van der Waals surface area contributed by atoms with Gasteiger partial charge < -0.3 is 0 Å². The quantitative estimate of drug-likeness (QED) is 0.127. The lowest BCUT2D eigenvalue weighted by molar-refractivity contribution is 1.10. The normalized spacial score (nSPS) is 11.7. The molecule has 2 nitrogen and oxygen atoms in total. The molecule has 0 amide bonds. The summed E-state index contributed by atoms with van der Waals surface area (Å²) in [7, 11) is 0. The summed E-state index contributed by atoms with van der Waals surface area (Å²) in [6.07, 6.45) is 0. The van der Waals surface area contributed by atoms with E-state index in [1.165, 1.54) is 87.2 Å². The third kappa shape index (κ3) is 5.45. The molecular formula is C57H36N2. The van der Waals surface area contributed by atoms with E-state index in [-0.39, 0.29) is 0 Å². The Kier molecular flexibility index (Phi) is 7.57. The van der Waals surface area contributed by atoms with Gasteiger partial charge in [-0.1, -0.05) is 170 Å². The molecule has 0 radical (unpaired) electrons. The minimum atomic E-state index is 0.938. The van der Waals surface area contributed by atoms with Gasteiger partial charge in [0.15, 0.2) is 0 Å². The molecule has 0 spiro atoms. The lowest BCUT2D eigenvalue weighted by atomic mass is 9.84. The van der Waals surface area contributed by atoms with Gasteiger partial charge in [-0.2, -0.15) is 0 Å². The van der Waals surface area contributed by atoms with Crippen molar-refractivity contribution in [1.29, 1.82) is 0 Å². The van der Waals surface area contributed by atoms with Gasteiger partial charge in [-0.05, 0) is 136 Å². The molecule has 0 unspecified atom stereocenters. The second-order valence-corrected chi connectivity index (χ2v) is 15.5. The molecule has 59 heavy (non-hydrogen) atoms. The van der Waals surface area contributed by atoms with Crippen LogP contribution in [0.2, 0.25) is 0 Å². The van der Waals surface area contributed by atoms with Crippen LogP contribution >= 0.6 is 0 Å². The predicted molar refractivity (Wildman–Crippen MR) is 250 cm³/mol. The number of rotatable bonds is 5. The van der Waals surface area contributed by atoms with Gasteiger partial charge in [-0.15, -0.1) is 0 Å². The molecule has 11 aromatic carbocycles. The second kappa shape index (κ2) is 13.4. The van der Waals surface area contributed by atoms with Crippen molar-refractivity contribution >= 4 is 64.9 Å². The zero-order valence-corrected chi connectivity index (χ0v) is 32.2. The highest BCUT2D eigenvalue weighted by molar-refractivity contribution is 6.22. The Morgan fingerprint density at radius 3 is 1.68 bits per heavy atom. The topological polar surface area (TPSA) is 17.8 Å². The Bertz CT molecular complexity index is 3580. The van der Waals surface area contributed by atoms with Gasteiger partial charge in [0.1, 0.15) is 5.82 Å². The Balaban J connectivity index is 1.04. The van der Waals surface area contributed by atoms with Crippen molar-refractivity contribution in [3.63, 3.8) is 0 Å². The Labute approximate surface area is 341 Å². The summed E-state index contributed by atoms with van der Waals surface area (Å²) >= 11 is 0. The molecular weight excluding hydrogens is 713 g/mol. The number of hydrogen-bond donors (Lipinski definition) is 0. The first-order valence-corrected chi connectivity index (χ1v) is 20.3. The highest BCUT2D eigenvalue weighted by Gasteiger charge is 2.19. The molecule has 0 saturated heterocycles. The van der Waals surface area contributed by atoms with E-state index in [0.29, 0.717) is 0 Å². The second-order valence-electron chi connectivity index (χ2n) is 15.5. The van der Waals surface area contributed by atoms with Crippen molar-refractivity contribution in [2.75, 3.05) is 0 Å². The molecule has 0 bridgehead atoms. The van der Waals surface area contributed by atoms with Crippen LogP contribution in [0.15, 0.2) is 218 Å². The fourth-order valence-corrected chi connectivity index (χ4v) is 9.37. The van der Waals surface area contributed by atoms with Crippen molar-refractivity contribution in [3.05, 3.63) is 218 Å². The highest BCUT2D eigenvalue weighted by atomic mass is 15.1. The molecule has 2 heteroatoms. The molecule has 0 N–H and O–H groups in total. The summed E-state index contributed by atoms with van der Waals surface area (Å²) in [6, 6.07) is 79.6. The van der Waals surface area contributed by atoms with Crippen molar-refractivity contribution in [2.24, 2.45) is 0 Å². The Morgan fingerprint density at radius 1 is 0.288 bits per heavy atom. The number of hydrogen-bond acceptors (Lipinski definition) is 1. The monoisotopic (exact) mass is 748 g/mol. The average Bonchev–Trinajstić information content (AvgIpc) is 3.70. The molecule has 0 fully saturated rings. The number of para-hydroxylation sites is 2. The third-order valence-electron chi connectivity index (χ3n) is 12.1. The maximum Gasteiger partial charge on any atom is 0.145 e. The van der Waals surface area contributed by atoms with Crippen LogP contribution in [0.5, 0.6) is 0 Å². The van der Waals surface area contributed by atoms with E-state index in [4.69, 9.17) is 4.98 Å². The van der Waals surface area contributed by atoms with E-state index in [9.17, 15) is 0 Å². The summed E-state index contributed by atoms with van der Waals surface area (Å²) in [5, 5.41) is 12.6. The van der Waals surface area contributed by atoms with Crippen LogP contribution < -0.4 is 0 Å². The Hall–Kier alpha value is -7.81. The first-order chi connectivity index (χ1) is 29.2. The summed E-state index contributed by atoms with van der Waals surface area (Å²) in [4.78, 5) is 5.07. The number of aromatic nitrogens is 2. The van der Waals surface area contributed by atoms with Crippen molar-refractivity contribution < 1.29 is 0 Å². The largest absolute Gasteiger partial charge is 0.292 e. The molecule has 0 aliphatic carbocycles. The van der Waals surface area contributed by atoms with Gasteiger partial charge in [-0.25, -0.2) is 4.98 Å². The van der Waals surface area contributed by atoms with E-state index in [0.717, 1.165) is 28.1 Å². The first-order valence-electron chi connectivity index (χ1n) is 20.3. The van der Waals surface area contributed by atoms with E-state index >= 15 is 0 Å². The predicted octanol–water partition coefficient (Wildman–Crippen LogP) is 15.5. The maximum atomic E-state index is 5.07. The molecule has 1 aromatic heterocycles. The number of nitrogens with zero attached hydrogens (tertiary/aromatic N) is 2. The van der Waals surface area contributed by atoms with Crippen molar-refractivity contribution in [2.45, 2.75) is 0 Å². The average molecular weight is 749 g/mol. The van der Waals surface area contributed by atoms with E-state index in [1.54, 1.807) is 0 Å². The van der Waals surface area contributed by atoms with Crippen LogP contribution in [-0.4, -0.2) is 9.55 Å². The molecule has 12 aromatic rings. The SMILES string of the molecule is c1ccc(-c2c3ccccc3c(-c3ccc4cc5c(ccc6ccccc65)cc4c3)c3ccc(-c4ccc(-n5c(-c6ccccc6)nc6ccccc65)cc4)cc23)cc1. The first kappa shape index (κ1) is 33.3. The minimum Gasteiger partial charge on any atom is -0.292 e. The number of fused-ring (bicyclic) bond motifs is 7. The molecule has 1 heterocycles. The maximum absolute atomic E-state index is 5.07. The van der Waals surface area contributed by atoms with Gasteiger partial charge in [0.2, 0.25) is 0 Å². The van der Waals surface area contributed by atoms with Crippen LogP contribution in [0.25, 0.3) is 115 Å². The van der Waals surface area contributed by atoms with Gasteiger partial charge in [0.05, 0.1) is 11.0 Å². The highest BCUT2D eigenvalue weighted by Crippen LogP contribution is 2.45. The molecule has 274 valence electrons. The van der Waals surface area contributed by atoms with Gasteiger partial charge in [0, 0.05) is 11.3 Å². The Morgan fingerprint density at radius 2 is 0.881 bits per heavy atom. The van der Waals surface area contributed by atoms with Gasteiger partial charge in [-0.3, -0.25) is 4.57 Å². The minimum absolute atomic E-state index is 0.938. The van der Waals surface area contributed by atoms with Gasteiger partial charge >= 0.3 is 0 Å². The van der Waals surface area contributed by atoms with E-state index in [2.05, 4.69) is 223 Å². The van der Waals surface area contributed by atoms with Crippen LogP contribution in [0.1, 0.15) is 0 Å². The van der Waals surface area contributed by atoms with Crippen molar-refractivity contribution in [1.82, 2.24) is 9.55 Å². The molecule has 0 aliphatic rings.